The van der Waals surface area contributed by atoms with Gasteiger partial charge in [0.2, 0.25) is 0 Å². The van der Waals surface area contributed by atoms with E-state index in [9.17, 15) is 0 Å². The Balaban J connectivity index is 0.000000890. The minimum atomic E-state index is 1.10. The summed E-state index contributed by atoms with van der Waals surface area (Å²) in [6, 6.07) is 49.6. The summed E-state index contributed by atoms with van der Waals surface area (Å²) in [6.07, 6.45) is 8.46. The molecule has 7 aromatic rings. The highest BCUT2D eigenvalue weighted by Crippen LogP contribution is 2.37. The molecule has 0 saturated carbocycles. The maximum absolute atomic E-state index is 3.66. The maximum Gasteiger partial charge on any atom is 0.0387 e. The number of anilines is 4. The van der Waals surface area contributed by atoms with Crippen LogP contribution in [0.1, 0.15) is 98.9 Å². The molecular weight excluding hydrogens is 773 g/mol. The molecule has 0 spiro atoms. The summed E-state index contributed by atoms with van der Waals surface area (Å²) < 4.78 is 0. The predicted octanol–water partition coefficient (Wildman–Crippen LogP) is 18.8. The average Bonchev–Trinajstić information content (AvgIpc) is 3.29. The van der Waals surface area contributed by atoms with Crippen LogP contribution >= 0.6 is 0 Å². The van der Waals surface area contributed by atoms with Gasteiger partial charge in [-0.2, -0.15) is 0 Å². The van der Waals surface area contributed by atoms with Gasteiger partial charge < -0.3 is 10.6 Å². The van der Waals surface area contributed by atoms with Crippen LogP contribution < -0.4 is 10.6 Å². The van der Waals surface area contributed by atoms with Gasteiger partial charge in [-0.15, -0.1) is 0 Å². The zero-order chi connectivity index (χ0) is 46.3. The molecule has 0 aliphatic rings. The van der Waals surface area contributed by atoms with Gasteiger partial charge in [0.1, 0.15) is 0 Å². The molecule has 0 amide bonds. The average molecular weight is 845 g/mol. The first-order valence-corrected chi connectivity index (χ1v) is 23.4. The Morgan fingerprint density at radius 1 is 0.422 bits per heavy atom. The third kappa shape index (κ3) is 12.4. The van der Waals surface area contributed by atoms with E-state index in [0.29, 0.717) is 0 Å². The van der Waals surface area contributed by atoms with E-state index < -0.39 is 0 Å². The lowest BCUT2D eigenvalue weighted by Gasteiger charge is -2.18. The lowest BCUT2D eigenvalue weighted by atomic mass is 9.89. The Labute approximate surface area is 387 Å². The summed E-state index contributed by atoms with van der Waals surface area (Å²) in [5.41, 5.74) is 26.2. The zero-order valence-electron chi connectivity index (χ0n) is 40.9. The predicted molar refractivity (Wildman–Crippen MR) is 285 cm³/mol. The second-order valence-electron chi connectivity index (χ2n) is 17.0. The summed E-state index contributed by atoms with van der Waals surface area (Å²) in [7, 11) is 0. The van der Waals surface area contributed by atoms with Gasteiger partial charge >= 0.3 is 0 Å². The largest absolute Gasteiger partial charge is 0.356 e. The van der Waals surface area contributed by atoms with Crippen molar-refractivity contribution in [2.45, 2.75) is 109 Å². The molecule has 2 heteroatoms. The van der Waals surface area contributed by atoms with Gasteiger partial charge in [-0.3, -0.25) is 0 Å². The minimum absolute atomic E-state index is 1.10. The van der Waals surface area contributed by atoms with E-state index in [-0.39, 0.29) is 0 Å². The number of aryl methyl sites for hydroxylation is 8. The first-order valence-electron chi connectivity index (χ1n) is 23.4. The van der Waals surface area contributed by atoms with Crippen LogP contribution in [-0.2, 0) is 12.8 Å². The van der Waals surface area contributed by atoms with Gasteiger partial charge in [0, 0.05) is 22.7 Å². The Morgan fingerprint density at radius 2 is 0.719 bits per heavy atom. The first-order chi connectivity index (χ1) is 30.9. The summed E-state index contributed by atoms with van der Waals surface area (Å²) in [4.78, 5) is 0. The Bertz CT molecular complexity index is 2500. The number of allylic oxidation sites excluding steroid dienone is 3. The second kappa shape index (κ2) is 23.3. The van der Waals surface area contributed by atoms with Crippen LogP contribution in [0.25, 0.3) is 44.5 Å². The van der Waals surface area contributed by atoms with Crippen LogP contribution in [0.5, 0.6) is 0 Å². The number of hydrogen-bond donors (Lipinski definition) is 2. The fourth-order valence-electron chi connectivity index (χ4n) is 8.34. The fraction of sp³-hybridized carbons (Fsp3) is 0.258. The minimum Gasteiger partial charge on any atom is -0.356 e. The van der Waals surface area contributed by atoms with Crippen molar-refractivity contribution in [3.8, 4) is 44.5 Å². The van der Waals surface area contributed by atoms with Crippen LogP contribution in [-0.4, -0.2) is 0 Å². The number of hydrogen-bond acceptors (Lipinski definition) is 2. The van der Waals surface area contributed by atoms with Crippen molar-refractivity contribution >= 4 is 22.7 Å². The zero-order valence-corrected chi connectivity index (χ0v) is 40.9. The molecule has 0 bridgehead atoms. The molecule has 7 rings (SSSR count). The smallest absolute Gasteiger partial charge is 0.0387 e. The highest BCUT2D eigenvalue weighted by Gasteiger charge is 2.14. The van der Waals surface area contributed by atoms with Crippen molar-refractivity contribution in [2.75, 3.05) is 10.6 Å². The molecule has 64 heavy (non-hydrogen) atoms. The van der Waals surface area contributed by atoms with Gasteiger partial charge in [0.05, 0.1) is 0 Å². The van der Waals surface area contributed by atoms with E-state index in [1.807, 2.05) is 39.8 Å². The van der Waals surface area contributed by atoms with Crippen molar-refractivity contribution in [1.82, 2.24) is 0 Å². The third-order valence-electron chi connectivity index (χ3n) is 12.0. The second-order valence-corrected chi connectivity index (χ2v) is 17.0. The summed E-state index contributed by atoms with van der Waals surface area (Å²) in [5, 5.41) is 7.33. The van der Waals surface area contributed by atoms with Crippen LogP contribution in [0.2, 0.25) is 0 Å². The number of rotatable bonds is 13. The van der Waals surface area contributed by atoms with E-state index >= 15 is 0 Å². The van der Waals surface area contributed by atoms with Crippen LogP contribution in [0, 0.1) is 41.5 Å². The van der Waals surface area contributed by atoms with Gasteiger partial charge in [-0.1, -0.05) is 150 Å². The third-order valence-corrected chi connectivity index (χ3v) is 12.0. The SMILES string of the molecule is C=C/C(C)=C\C.CC.CCCc1ccc(-c2ccc(Nc3ccc(-c4cc(C)c(-c5ccc(Nc6ccc(-c7ccc(CCC)cc7)c(C)c6)cc5C)cc4C)c(C)c3)cc2C)cc1. The molecule has 2 nitrogen and oxygen atoms in total. The van der Waals surface area contributed by atoms with Gasteiger partial charge in [-0.25, -0.2) is 0 Å². The first kappa shape index (κ1) is 48.6. The topological polar surface area (TPSA) is 24.1 Å². The van der Waals surface area contributed by atoms with E-state index in [2.05, 4.69) is 206 Å². The van der Waals surface area contributed by atoms with Gasteiger partial charge in [0.25, 0.3) is 0 Å². The van der Waals surface area contributed by atoms with Crippen LogP contribution in [0.3, 0.4) is 0 Å². The van der Waals surface area contributed by atoms with Gasteiger partial charge in [0.15, 0.2) is 0 Å². The molecule has 330 valence electrons. The van der Waals surface area contributed by atoms with Crippen molar-refractivity contribution in [3.63, 3.8) is 0 Å². The van der Waals surface area contributed by atoms with Gasteiger partial charge in [-0.05, 0) is 206 Å². The molecule has 0 radical (unpaired) electrons. The van der Waals surface area contributed by atoms with Crippen molar-refractivity contribution < 1.29 is 0 Å². The quantitative estimate of drug-likeness (QED) is 0.113. The highest BCUT2D eigenvalue weighted by atomic mass is 14.9. The van der Waals surface area contributed by atoms with Crippen LogP contribution in [0.15, 0.2) is 158 Å². The fourth-order valence-corrected chi connectivity index (χ4v) is 8.34. The van der Waals surface area contributed by atoms with E-state index in [1.54, 1.807) is 0 Å². The molecule has 0 heterocycles. The standard InChI is InChI=1S/C54H56N2.C6H10.C2H6/c1-9-11-41-13-17-43(18-14-41)49-25-21-45(29-35(49)3)55-47-23-27-51(37(5)31-47)53-33-40(8)54(34-39(53)7)52-28-24-48(32-38(52)6)56-46-22-26-50(36(4)30-46)44-19-15-42(12-10-2)16-20-44;1-4-6(3)5-2;1-2/h13-34,55-56H,9-12H2,1-8H3;4-5H,1H2,2-3H3;1-2H3/b;6-5-;. The molecule has 0 aliphatic heterocycles. The van der Waals surface area contributed by atoms with Crippen LogP contribution in [0.4, 0.5) is 22.7 Å². The normalized spacial score (nSPS) is 10.9. The van der Waals surface area contributed by atoms with E-state index in [4.69, 9.17) is 0 Å². The Morgan fingerprint density at radius 3 is 0.969 bits per heavy atom. The molecule has 0 fully saturated rings. The molecule has 0 aliphatic carbocycles. The molecule has 7 aromatic carbocycles. The molecule has 2 N–H and O–H groups in total. The van der Waals surface area contributed by atoms with Crippen molar-refractivity contribution in [2.24, 2.45) is 0 Å². The summed E-state index contributed by atoms with van der Waals surface area (Å²) in [5.74, 6) is 0. The molecule has 0 unspecified atom stereocenters. The molecule has 0 atom stereocenters. The molecular formula is C62H72N2. The van der Waals surface area contributed by atoms with E-state index in [0.717, 1.165) is 35.6 Å². The maximum atomic E-state index is 3.66. The highest BCUT2D eigenvalue weighted by molar-refractivity contribution is 5.82. The summed E-state index contributed by atoms with van der Waals surface area (Å²) >= 11 is 0. The molecule has 0 aromatic heterocycles. The number of benzene rings is 7. The van der Waals surface area contributed by atoms with E-state index in [1.165, 1.54) is 107 Å². The number of nitrogens with one attached hydrogen (secondary N) is 2. The monoisotopic (exact) mass is 845 g/mol. The summed E-state index contributed by atoms with van der Waals surface area (Å²) in [6.45, 7) is 29.4. The van der Waals surface area contributed by atoms with Crippen molar-refractivity contribution in [1.29, 1.82) is 0 Å². The van der Waals surface area contributed by atoms with Crippen molar-refractivity contribution in [3.05, 3.63) is 202 Å². The Hall–Kier alpha value is -6.38. The lowest BCUT2D eigenvalue weighted by molar-refractivity contribution is 0.922. The molecule has 0 saturated heterocycles. The Kier molecular flexibility index (Phi) is 17.7. The lowest BCUT2D eigenvalue weighted by Crippen LogP contribution is -1.97.